The highest BCUT2D eigenvalue weighted by Crippen LogP contribution is 2.28. The van der Waals surface area contributed by atoms with Gasteiger partial charge in [0.05, 0.1) is 12.1 Å². The van der Waals surface area contributed by atoms with Gasteiger partial charge in [0.15, 0.2) is 0 Å². The van der Waals surface area contributed by atoms with Crippen LogP contribution in [0.5, 0.6) is 0 Å². The van der Waals surface area contributed by atoms with Crippen molar-refractivity contribution < 1.29 is 26.9 Å². The average Bonchev–Trinajstić information content (AvgIpc) is 2.46. The molecule has 21 heavy (non-hydrogen) atoms. The number of halogens is 1. The van der Waals surface area contributed by atoms with Gasteiger partial charge in [0.2, 0.25) is 0 Å². The number of carboxylic acid groups (broad SMARTS) is 1. The predicted molar refractivity (Wildman–Crippen MR) is 78.2 cm³/mol. The highest BCUT2D eigenvalue weighted by molar-refractivity contribution is 5.89. The topological polar surface area (TPSA) is 66.6 Å². The van der Waals surface area contributed by atoms with E-state index in [0.717, 1.165) is 11.3 Å². The Labute approximate surface area is 133 Å². The molecule has 0 unspecified atom stereocenters. The Bertz CT molecular complexity index is 713. The minimum Gasteiger partial charge on any atom is -1.00 e. The summed E-state index contributed by atoms with van der Waals surface area (Å²) in [5.74, 6) is -0.321. The van der Waals surface area contributed by atoms with E-state index in [4.69, 9.17) is 10.8 Å². The monoisotopic (exact) mass is 345 g/mol. The normalized spacial score (nSPS) is 13.0. The number of rotatable bonds is 2. The minimum absolute atomic E-state index is 0. The lowest BCUT2D eigenvalue weighted by molar-refractivity contribution is -0.0000195. The Morgan fingerprint density at radius 3 is 2.67 bits per heavy atom. The Morgan fingerprint density at radius 1 is 1.14 bits per heavy atom. The minimum atomic E-state index is -0.938. The molecular formula is C16H14BrN2O2-. The van der Waals surface area contributed by atoms with Gasteiger partial charge in [0.25, 0.3) is 0 Å². The molecule has 3 N–H and O–H groups in total. The molecule has 0 spiro atoms. The first-order chi connectivity index (χ1) is 9.65. The number of nitrogens with zero attached hydrogens (tertiary/aromatic N) is 1. The molecule has 0 aromatic heterocycles. The molecule has 1 aliphatic rings. The summed E-state index contributed by atoms with van der Waals surface area (Å²) in [7, 11) is 0. The maximum absolute atomic E-state index is 11.1. The first-order valence-electron chi connectivity index (χ1n) is 6.31. The van der Waals surface area contributed by atoms with Crippen LogP contribution < -0.4 is 27.6 Å². The molecule has 5 heteroatoms. The van der Waals surface area contributed by atoms with E-state index in [1.54, 1.807) is 18.2 Å². The molecule has 0 saturated carbocycles. The molecule has 1 heterocycles. The highest BCUT2D eigenvalue weighted by atomic mass is 79.9. The van der Waals surface area contributed by atoms with Crippen LogP contribution in [0, 0.1) is 0 Å². The lowest BCUT2D eigenvalue weighted by Gasteiger charge is -2.29. The predicted octanol–water partition coefficient (Wildman–Crippen LogP) is -0.334. The molecule has 108 valence electrons. The summed E-state index contributed by atoms with van der Waals surface area (Å²) < 4.78 is 0. The number of carbonyl (C=O) groups is 1. The molecule has 0 aliphatic carbocycles. The zero-order valence-electron chi connectivity index (χ0n) is 11.2. The fraction of sp³-hybridized carbons (Fsp3) is 0.0625. The Hall–Kier alpha value is -2.27. The third kappa shape index (κ3) is 2.92. The lowest BCUT2D eigenvalue weighted by Crippen LogP contribution is -3.00. The van der Waals surface area contributed by atoms with Crippen molar-refractivity contribution in [2.45, 2.75) is 6.54 Å². The molecule has 0 radical (unpaired) electrons. The molecule has 2 aromatic carbocycles. The molecule has 1 aliphatic heterocycles. The number of anilines is 1. The van der Waals surface area contributed by atoms with Gasteiger partial charge in [-0.15, -0.1) is 0 Å². The molecule has 4 nitrogen and oxygen atoms in total. The van der Waals surface area contributed by atoms with Crippen LogP contribution >= 0.6 is 0 Å². The first-order valence-corrected chi connectivity index (χ1v) is 6.31. The van der Waals surface area contributed by atoms with Crippen LogP contribution in [0.15, 0.2) is 54.4 Å². The SMILES string of the molecule is NC1=Cc2ccccc2CN1c1cccc(C(=O)O)c1.[Br-]. The summed E-state index contributed by atoms with van der Waals surface area (Å²) in [6, 6.07) is 14.8. The van der Waals surface area contributed by atoms with Gasteiger partial charge in [-0.05, 0) is 35.4 Å². The van der Waals surface area contributed by atoms with Crippen LogP contribution in [0.4, 0.5) is 5.69 Å². The van der Waals surface area contributed by atoms with E-state index in [0.29, 0.717) is 12.4 Å². The molecule has 0 atom stereocenters. The quantitative estimate of drug-likeness (QED) is 0.781. The fourth-order valence-electron chi connectivity index (χ4n) is 2.37. The van der Waals surface area contributed by atoms with E-state index in [1.165, 1.54) is 5.56 Å². The van der Waals surface area contributed by atoms with Crippen molar-refractivity contribution in [3.63, 3.8) is 0 Å². The van der Waals surface area contributed by atoms with Gasteiger partial charge in [-0.3, -0.25) is 0 Å². The second-order valence-corrected chi connectivity index (χ2v) is 4.71. The third-order valence-electron chi connectivity index (χ3n) is 3.40. The zero-order valence-corrected chi connectivity index (χ0v) is 12.7. The smallest absolute Gasteiger partial charge is 0.335 e. The Morgan fingerprint density at radius 2 is 1.90 bits per heavy atom. The van der Waals surface area contributed by atoms with Crippen molar-refractivity contribution in [1.29, 1.82) is 0 Å². The number of hydrogen-bond acceptors (Lipinski definition) is 3. The number of fused-ring (bicyclic) bond motifs is 1. The van der Waals surface area contributed by atoms with Crippen molar-refractivity contribution in [2.24, 2.45) is 5.73 Å². The van der Waals surface area contributed by atoms with Crippen LogP contribution in [0.3, 0.4) is 0 Å². The Kier molecular flexibility index (Phi) is 4.33. The summed E-state index contributed by atoms with van der Waals surface area (Å²) in [5.41, 5.74) is 9.41. The standard InChI is InChI=1S/C16H14N2O2.BrH/c17-15-9-11-4-1-2-5-13(11)10-18(15)14-7-3-6-12(8-14)16(19)20;/h1-9H,10,17H2,(H,19,20);1H/p-1. The molecule has 2 aromatic rings. The number of aromatic carboxylic acids is 1. The summed E-state index contributed by atoms with van der Waals surface area (Å²) >= 11 is 0. The van der Waals surface area contributed by atoms with Crippen molar-refractivity contribution in [2.75, 3.05) is 4.90 Å². The molecule has 0 bridgehead atoms. The number of nitrogens with two attached hydrogens (primary N) is 1. The van der Waals surface area contributed by atoms with E-state index >= 15 is 0 Å². The van der Waals surface area contributed by atoms with Crippen LogP contribution in [0.1, 0.15) is 21.5 Å². The average molecular weight is 346 g/mol. The van der Waals surface area contributed by atoms with Crippen molar-refractivity contribution in [3.8, 4) is 0 Å². The second-order valence-electron chi connectivity index (χ2n) is 4.71. The molecule has 0 saturated heterocycles. The second kappa shape index (κ2) is 6.01. The molecular weight excluding hydrogens is 332 g/mol. The van der Waals surface area contributed by atoms with Crippen molar-refractivity contribution in [1.82, 2.24) is 0 Å². The van der Waals surface area contributed by atoms with E-state index in [9.17, 15) is 4.79 Å². The fourth-order valence-corrected chi connectivity index (χ4v) is 2.37. The lowest BCUT2D eigenvalue weighted by atomic mass is 10.0. The zero-order chi connectivity index (χ0) is 14.1. The number of carboxylic acids is 1. The van der Waals surface area contributed by atoms with E-state index < -0.39 is 5.97 Å². The van der Waals surface area contributed by atoms with Crippen LogP contribution in [0.2, 0.25) is 0 Å². The van der Waals surface area contributed by atoms with E-state index in [1.807, 2.05) is 41.3 Å². The van der Waals surface area contributed by atoms with Gasteiger partial charge in [-0.25, -0.2) is 4.79 Å². The summed E-state index contributed by atoms with van der Waals surface area (Å²) in [4.78, 5) is 13.0. The van der Waals surface area contributed by atoms with Gasteiger partial charge < -0.3 is 32.7 Å². The number of benzene rings is 2. The molecule has 0 fully saturated rings. The van der Waals surface area contributed by atoms with Gasteiger partial charge in [0.1, 0.15) is 5.82 Å². The Balaban J connectivity index is 0.00000161. The van der Waals surface area contributed by atoms with Crippen LogP contribution in [0.25, 0.3) is 6.08 Å². The largest absolute Gasteiger partial charge is 1.00 e. The van der Waals surface area contributed by atoms with Gasteiger partial charge in [0, 0.05) is 5.69 Å². The van der Waals surface area contributed by atoms with Gasteiger partial charge in [-0.2, -0.15) is 0 Å². The molecule has 3 rings (SSSR count). The van der Waals surface area contributed by atoms with E-state index in [-0.39, 0.29) is 22.5 Å². The third-order valence-corrected chi connectivity index (χ3v) is 3.40. The maximum Gasteiger partial charge on any atom is 0.335 e. The summed E-state index contributed by atoms with van der Waals surface area (Å²) in [6.45, 7) is 0.640. The van der Waals surface area contributed by atoms with Gasteiger partial charge >= 0.3 is 5.97 Å². The first kappa shape index (κ1) is 15.1. The van der Waals surface area contributed by atoms with E-state index in [2.05, 4.69) is 0 Å². The van der Waals surface area contributed by atoms with Crippen LogP contribution in [-0.2, 0) is 6.54 Å². The van der Waals surface area contributed by atoms with Crippen molar-refractivity contribution in [3.05, 3.63) is 71.0 Å². The number of hydrogen-bond donors (Lipinski definition) is 2. The van der Waals surface area contributed by atoms with Crippen LogP contribution in [-0.4, -0.2) is 11.1 Å². The maximum atomic E-state index is 11.1. The summed E-state index contributed by atoms with van der Waals surface area (Å²) in [5, 5.41) is 9.07. The highest BCUT2D eigenvalue weighted by Gasteiger charge is 2.18. The van der Waals surface area contributed by atoms with Crippen molar-refractivity contribution >= 4 is 17.7 Å². The molecule has 0 amide bonds. The summed E-state index contributed by atoms with van der Waals surface area (Å²) in [6.07, 6.45) is 1.91. The van der Waals surface area contributed by atoms with Gasteiger partial charge in [-0.1, -0.05) is 30.3 Å².